The van der Waals surface area contributed by atoms with Crippen molar-refractivity contribution in [3.05, 3.63) is 22.4 Å². The van der Waals surface area contributed by atoms with Gasteiger partial charge in [-0.05, 0) is 37.2 Å². The van der Waals surface area contributed by atoms with Crippen LogP contribution in [0.2, 0.25) is 10.2 Å². The highest BCUT2D eigenvalue weighted by Crippen LogP contribution is 2.46. The van der Waals surface area contributed by atoms with Gasteiger partial charge in [-0.1, -0.05) is 36.0 Å². The van der Waals surface area contributed by atoms with E-state index < -0.39 is 0 Å². The molecule has 9 heteroatoms. The number of rotatable bonds is 2. The summed E-state index contributed by atoms with van der Waals surface area (Å²) in [6, 6.07) is 1.65. The third-order valence-electron chi connectivity index (χ3n) is 6.29. The van der Waals surface area contributed by atoms with Crippen LogP contribution in [0.4, 0.5) is 11.6 Å². The van der Waals surface area contributed by atoms with Crippen LogP contribution in [0.25, 0.3) is 22.4 Å². The first kappa shape index (κ1) is 17.9. The second-order valence-corrected chi connectivity index (χ2v) is 8.65. The Labute approximate surface area is 172 Å². The Morgan fingerprint density at radius 2 is 1.82 bits per heavy atom. The van der Waals surface area contributed by atoms with E-state index in [9.17, 15) is 0 Å². The van der Waals surface area contributed by atoms with Gasteiger partial charge in [-0.2, -0.15) is 5.10 Å². The quantitative estimate of drug-likeness (QED) is 0.597. The first-order chi connectivity index (χ1) is 13.5. The molecule has 1 aliphatic heterocycles. The van der Waals surface area contributed by atoms with E-state index in [0.29, 0.717) is 32.9 Å². The molecule has 0 radical (unpaired) electrons. The summed E-state index contributed by atoms with van der Waals surface area (Å²) in [5.41, 5.74) is 8.85. The molecule has 2 fully saturated rings. The number of anilines is 2. The Morgan fingerprint density at radius 1 is 1.07 bits per heavy atom. The molecule has 1 spiro atoms. The number of H-pyrrole nitrogens is 1. The van der Waals surface area contributed by atoms with E-state index in [-0.39, 0.29) is 11.0 Å². The van der Waals surface area contributed by atoms with Crippen molar-refractivity contribution < 1.29 is 0 Å². The number of nitrogen functional groups attached to an aromatic ring is 1. The average Bonchev–Trinajstić information content (AvgIpc) is 3.32. The number of aromatic amines is 1. The minimum atomic E-state index is 0.172. The fraction of sp³-hybridized carbons (Fsp3) is 0.474. The number of hydrogen-bond acceptors (Lipinski definition) is 6. The van der Waals surface area contributed by atoms with Crippen molar-refractivity contribution in [3.8, 4) is 11.3 Å². The fourth-order valence-electron chi connectivity index (χ4n) is 4.66. The summed E-state index contributed by atoms with van der Waals surface area (Å²) in [6.45, 7) is 2.06. The number of pyridine rings is 1. The number of fused-ring (bicyclic) bond motifs is 1. The molecular formula is C19H21Cl2N7. The van der Waals surface area contributed by atoms with Crippen molar-refractivity contribution in [2.75, 3.05) is 23.7 Å². The van der Waals surface area contributed by atoms with E-state index in [2.05, 4.69) is 25.1 Å². The maximum absolute atomic E-state index is 6.32. The number of piperidine rings is 1. The van der Waals surface area contributed by atoms with Gasteiger partial charge in [0.15, 0.2) is 0 Å². The molecule has 1 aliphatic carbocycles. The van der Waals surface area contributed by atoms with Crippen molar-refractivity contribution in [2.24, 2.45) is 5.41 Å². The lowest BCUT2D eigenvalue weighted by Gasteiger charge is -2.39. The van der Waals surface area contributed by atoms with Crippen molar-refractivity contribution in [1.29, 1.82) is 0 Å². The Morgan fingerprint density at radius 3 is 2.57 bits per heavy atom. The molecule has 3 aromatic rings. The topological polar surface area (TPSA) is 96.6 Å². The third-order valence-corrected chi connectivity index (χ3v) is 6.88. The SMILES string of the molecule is Nc1nc(Cl)cc(-c2[nH]nc3nc(N4CCC5(CCCC5)CC4)cnc23)c1Cl. The lowest BCUT2D eigenvalue weighted by molar-refractivity contribution is 0.226. The van der Waals surface area contributed by atoms with E-state index in [1.54, 1.807) is 6.07 Å². The molecule has 0 bridgehead atoms. The third kappa shape index (κ3) is 2.97. The van der Waals surface area contributed by atoms with Crippen LogP contribution in [0.15, 0.2) is 12.3 Å². The van der Waals surface area contributed by atoms with Crippen LogP contribution in [-0.2, 0) is 0 Å². The van der Waals surface area contributed by atoms with Gasteiger partial charge in [0.2, 0.25) is 5.65 Å². The molecule has 3 N–H and O–H groups in total. The minimum Gasteiger partial charge on any atom is -0.382 e. The number of nitrogens with zero attached hydrogens (tertiary/aromatic N) is 5. The molecule has 1 saturated heterocycles. The van der Waals surface area contributed by atoms with E-state index in [0.717, 1.165) is 18.9 Å². The Balaban J connectivity index is 1.44. The standard InChI is InChI=1S/C19H21Cl2N7/c20-12-9-11(14(21)17(22)24-12)15-16-18(27-26-15)25-13(10-23-16)28-7-5-19(6-8-28)3-1-2-4-19/h9-10H,1-8H2,(H2,22,24)(H,25,26,27). The van der Waals surface area contributed by atoms with Gasteiger partial charge in [0.1, 0.15) is 22.3 Å². The summed E-state index contributed by atoms with van der Waals surface area (Å²) in [7, 11) is 0. The van der Waals surface area contributed by atoms with Crippen molar-refractivity contribution in [3.63, 3.8) is 0 Å². The Hall–Kier alpha value is -2.12. The molecule has 0 atom stereocenters. The lowest BCUT2D eigenvalue weighted by atomic mass is 9.77. The molecule has 4 heterocycles. The zero-order valence-electron chi connectivity index (χ0n) is 15.4. The largest absolute Gasteiger partial charge is 0.382 e. The predicted octanol–water partition coefficient (Wildman–Crippen LogP) is 4.46. The van der Waals surface area contributed by atoms with Gasteiger partial charge in [0, 0.05) is 18.7 Å². The molecule has 0 unspecified atom stereocenters. The normalized spacial score (nSPS) is 19.0. The predicted molar refractivity (Wildman–Crippen MR) is 112 cm³/mol. The van der Waals surface area contributed by atoms with E-state index >= 15 is 0 Å². The number of halogens is 2. The number of hydrogen-bond donors (Lipinski definition) is 2. The lowest BCUT2D eigenvalue weighted by Crippen LogP contribution is -2.39. The second kappa shape index (κ2) is 6.74. The van der Waals surface area contributed by atoms with Gasteiger partial charge >= 0.3 is 0 Å². The summed E-state index contributed by atoms with van der Waals surface area (Å²) in [5, 5.41) is 7.89. The molecule has 0 aromatic carbocycles. The fourth-order valence-corrected chi connectivity index (χ4v) is 5.05. The first-order valence-electron chi connectivity index (χ1n) is 9.63. The summed E-state index contributed by atoms with van der Waals surface area (Å²) < 4.78 is 0. The van der Waals surface area contributed by atoms with Crippen LogP contribution in [-0.4, -0.2) is 38.2 Å². The summed E-state index contributed by atoms with van der Waals surface area (Å²) >= 11 is 12.4. The zero-order chi connectivity index (χ0) is 19.3. The highest BCUT2D eigenvalue weighted by Gasteiger charge is 2.37. The second-order valence-electron chi connectivity index (χ2n) is 7.88. The van der Waals surface area contributed by atoms with Crippen LogP contribution in [0.3, 0.4) is 0 Å². The van der Waals surface area contributed by atoms with Gasteiger partial charge in [-0.3, -0.25) is 5.10 Å². The average molecular weight is 418 g/mol. The van der Waals surface area contributed by atoms with Gasteiger partial charge in [-0.25, -0.2) is 15.0 Å². The Kier molecular flexibility index (Phi) is 4.32. The minimum absolute atomic E-state index is 0.172. The molecular weight excluding hydrogens is 397 g/mol. The van der Waals surface area contributed by atoms with Crippen LogP contribution in [0.5, 0.6) is 0 Å². The van der Waals surface area contributed by atoms with Crippen molar-refractivity contribution in [2.45, 2.75) is 38.5 Å². The van der Waals surface area contributed by atoms with E-state index in [4.69, 9.17) is 33.9 Å². The maximum atomic E-state index is 6.32. The molecule has 7 nitrogen and oxygen atoms in total. The van der Waals surface area contributed by atoms with Crippen LogP contribution < -0.4 is 10.6 Å². The van der Waals surface area contributed by atoms with Gasteiger partial charge in [0.05, 0.1) is 16.9 Å². The summed E-state index contributed by atoms with van der Waals surface area (Å²) in [4.78, 5) is 15.6. The molecule has 1 saturated carbocycles. The van der Waals surface area contributed by atoms with Crippen LogP contribution in [0, 0.1) is 5.41 Å². The zero-order valence-corrected chi connectivity index (χ0v) is 16.9. The van der Waals surface area contributed by atoms with Crippen molar-refractivity contribution in [1.82, 2.24) is 25.1 Å². The monoisotopic (exact) mass is 417 g/mol. The van der Waals surface area contributed by atoms with Gasteiger partial charge < -0.3 is 10.6 Å². The van der Waals surface area contributed by atoms with E-state index in [1.807, 2.05) is 6.20 Å². The molecule has 28 heavy (non-hydrogen) atoms. The molecule has 0 amide bonds. The number of aromatic nitrogens is 5. The summed E-state index contributed by atoms with van der Waals surface area (Å²) in [6.07, 6.45) is 9.82. The molecule has 146 valence electrons. The van der Waals surface area contributed by atoms with E-state index in [1.165, 1.54) is 38.5 Å². The molecule has 5 rings (SSSR count). The highest BCUT2D eigenvalue weighted by molar-refractivity contribution is 6.37. The molecule has 2 aliphatic rings. The van der Waals surface area contributed by atoms with Crippen molar-refractivity contribution >= 4 is 46.0 Å². The van der Waals surface area contributed by atoms with Crippen LogP contribution in [0.1, 0.15) is 38.5 Å². The Bertz CT molecular complexity index is 1030. The van der Waals surface area contributed by atoms with Gasteiger partial charge in [0.25, 0.3) is 0 Å². The summed E-state index contributed by atoms with van der Waals surface area (Å²) in [5.74, 6) is 1.04. The number of nitrogens with one attached hydrogen (secondary N) is 1. The van der Waals surface area contributed by atoms with Crippen LogP contribution >= 0.6 is 23.2 Å². The number of nitrogens with two attached hydrogens (primary N) is 1. The highest BCUT2D eigenvalue weighted by atomic mass is 35.5. The van der Waals surface area contributed by atoms with Gasteiger partial charge in [-0.15, -0.1) is 0 Å². The molecule has 3 aromatic heterocycles. The maximum Gasteiger partial charge on any atom is 0.202 e. The first-order valence-corrected chi connectivity index (χ1v) is 10.4. The smallest absolute Gasteiger partial charge is 0.202 e.